The van der Waals surface area contributed by atoms with E-state index in [0.717, 1.165) is 13.0 Å². The molecule has 1 aliphatic heterocycles. The number of rotatable bonds is 4. The summed E-state index contributed by atoms with van der Waals surface area (Å²) in [5.41, 5.74) is 0. The van der Waals surface area contributed by atoms with Gasteiger partial charge in [0.1, 0.15) is 5.82 Å². The van der Waals surface area contributed by atoms with Crippen LogP contribution in [-0.2, 0) is 10.0 Å². The van der Waals surface area contributed by atoms with Gasteiger partial charge < -0.3 is 5.32 Å². The molecule has 112 valence electrons. The molecule has 0 radical (unpaired) electrons. The number of nitrogens with zero attached hydrogens (tertiary/aromatic N) is 2. The average molecular weight is 297 g/mol. The minimum Gasteiger partial charge on any atom is -0.370 e. The molecule has 1 aliphatic rings. The van der Waals surface area contributed by atoms with Crippen molar-refractivity contribution in [3.05, 3.63) is 18.3 Å². The molecule has 0 spiro atoms. The number of aromatic nitrogens is 1. The van der Waals surface area contributed by atoms with E-state index in [0.29, 0.717) is 35.6 Å². The van der Waals surface area contributed by atoms with Gasteiger partial charge in [0.05, 0.1) is 4.90 Å². The Morgan fingerprint density at radius 1 is 1.40 bits per heavy atom. The van der Waals surface area contributed by atoms with Gasteiger partial charge in [-0.15, -0.1) is 0 Å². The van der Waals surface area contributed by atoms with Crippen LogP contribution in [0.3, 0.4) is 0 Å². The first kappa shape index (κ1) is 15.3. The maximum Gasteiger partial charge on any atom is 0.243 e. The Labute approximate surface area is 121 Å². The first-order valence-corrected chi connectivity index (χ1v) is 8.59. The number of nitrogens with one attached hydrogen (secondary N) is 1. The molecule has 2 unspecified atom stereocenters. The molecule has 0 aliphatic carbocycles. The van der Waals surface area contributed by atoms with Crippen molar-refractivity contribution in [1.82, 2.24) is 9.29 Å². The lowest BCUT2D eigenvalue weighted by atomic mass is 9.90. The Bertz CT molecular complexity index is 559. The normalized spacial score (nSPS) is 24.6. The van der Waals surface area contributed by atoms with Crippen LogP contribution in [0.25, 0.3) is 0 Å². The van der Waals surface area contributed by atoms with E-state index in [4.69, 9.17) is 0 Å². The second-order valence-corrected chi connectivity index (χ2v) is 7.45. The Morgan fingerprint density at radius 2 is 2.15 bits per heavy atom. The first-order valence-electron chi connectivity index (χ1n) is 7.15. The molecule has 2 rings (SSSR count). The third-order valence-electron chi connectivity index (χ3n) is 4.02. The van der Waals surface area contributed by atoms with Crippen molar-refractivity contribution in [2.75, 3.05) is 25.0 Å². The minimum absolute atomic E-state index is 0.324. The van der Waals surface area contributed by atoms with E-state index in [9.17, 15) is 8.42 Å². The highest BCUT2D eigenvalue weighted by molar-refractivity contribution is 7.89. The van der Waals surface area contributed by atoms with Crippen molar-refractivity contribution in [3.8, 4) is 0 Å². The predicted octanol–water partition coefficient (Wildman–Crippen LogP) is 2.18. The molecule has 1 fully saturated rings. The number of piperidine rings is 1. The highest BCUT2D eigenvalue weighted by Gasteiger charge is 2.31. The molecule has 0 bridgehead atoms. The zero-order chi connectivity index (χ0) is 14.8. The molecular formula is C14H23N3O2S. The van der Waals surface area contributed by atoms with Crippen LogP contribution in [0.4, 0.5) is 5.82 Å². The topological polar surface area (TPSA) is 62.3 Å². The summed E-state index contributed by atoms with van der Waals surface area (Å²) in [5.74, 6) is 1.58. The Balaban J connectivity index is 2.24. The molecule has 1 saturated heterocycles. The Morgan fingerprint density at radius 3 is 2.80 bits per heavy atom. The fourth-order valence-electron chi connectivity index (χ4n) is 2.44. The fraction of sp³-hybridized carbons (Fsp3) is 0.643. The van der Waals surface area contributed by atoms with Crippen LogP contribution in [0.15, 0.2) is 23.2 Å². The van der Waals surface area contributed by atoms with Crippen molar-refractivity contribution >= 4 is 15.8 Å². The monoisotopic (exact) mass is 297 g/mol. The van der Waals surface area contributed by atoms with E-state index < -0.39 is 10.0 Å². The molecule has 5 nitrogen and oxygen atoms in total. The van der Waals surface area contributed by atoms with Crippen molar-refractivity contribution in [2.45, 2.75) is 32.1 Å². The predicted molar refractivity (Wildman–Crippen MR) is 80.1 cm³/mol. The van der Waals surface area contributed by atoms with Crippen LogP contribution in [0.5, 0.6) is 0 Å². The van der Waals surface area contributed by atoms with Crippen LogP contribution in [0.2, 0.25) is 0 Å². The molecule has 0 aromatic carbocycles. The number of anilines is 1. The van der Waals surface area contributed by atoms with Crippen molar-refractivity contribution in [3.63, 3.8) is 0 Å². The zero-order valence-electron chi connectivity index (χ0n) is 12.3. The highest BCUT2D eigenvalue weighted by atomic mass is 32.2. The molecule has 20 heavy (non-hydrogen) atoms. The summed E-state index contributed by atoms with van der Waals surface area (Å²) in [7, 11) is -3.41. The quantitative estimate of drug-likeness (QED) is 0.925. The molecule has 0 amide bonds. The molecule has 2 atom stereocenters. The van der Waals surface area contributed by atoms with Crippen LogP contribution >= 0.6 is 0 Å². The average Bonchev–Trinajstić information content (AvgIpc) is 2.42. The van der Waals surface area contributed by atoms with Gasteiger partial charge >= 0.3 is 0 Å². The SMILES string of the molecule is CCNc1cc(S(=O)(=O)N2CCC(C)C(C)C2)ccn1. The summed E-state index contributed by atoms with van der Waals surface area (Å²) >= 11 is 0. The smallest absolute Gasteiger partial charge is 0.243 e. The van der Waals surface area contributed by atoms with Gasteiger partial charge in [-0.3, -0.25) is 0 Å². The summed E-state index contributed by atoms with van der Waals surface area (Å²) in [6, 6.07) is 3.18. The van der Waals surface area contributed by atoms with Crippen LogP contribution < -0.4 is 5.32 Å². The van der Waals surface area contributed by atoms with Gasteiger partial charge in [0, 0.05) is 31.9 Å². The zero-order valence-corrected chi connectivity index (χ0v) is 13.2. The maximum atomic E-state index is 12.7. The van der Waals surface area contributed by atoms with E-state index in [1.54, 1.807) is 22.6 Å². The molecule has 1 aromatic rings. The fourth-order valence-corrected chi connectivity index (χ4v) is 4.01. The third-order valence-corrected chi connectivity index (χ3v) is 5.89. The van der Waals surface area contributed by atoms with Crippen LogP contribution in [0.1, 0.15) is 27.2 Å². The second kappa shape index (κ2) is 6.10. The Kier molecular flexibility index (Phi) is 4.65. The minimum atomic E-state index is -3.41. The van der Waals surface area contributed by atoms with Crippen molar-refractivity contribution in [2.24, 2.45) is 11.8 Å². The lowest BCUT2D eigenvalue weighted by molar-refractivity contribution is 0.212. The van der Waals surface area contributed by atoms with Gasteiger partial charge in [0.2, 0.25) is 10.0 Å². The Hall–Kier alpha value is -1.14. The maximum absolute atomic E-state index is 12.7. The molecule has 1 N–H and O–H groups in total. The van der Waals surface area contributed by atoms with E-state index in [2.05, 4.69) is 24.1 Å². The first-order chi connectivity index (χ1) is 9.45. The van der Waals surface area contributed by atoms with E-state index in [-0.39, 0.29) is 0 Å². The van der Waals surface area contributed by atoms with Crippen molar-refractivity contribution in [1.29, 1.82) is 0 Å². The van der Waals surface area contributed by atoms with Gasteiger partial charge in [-0.25, -0.2) is 13.4 Å². The van der Waals surface area contributed by atoms with Crippen molar-refractivity contribution < 1.29 is 8.42 Å². The van der Waals surface area contributed by atoms with Crippen LogP contribution in [0, 0.1) is 11.8 Å². The molecular weight excluding hydrogens is 274 g/mol. The van der Waals surface area contributed by atoms with Gasteiger partial charge in [0.25, 0.3) is 0 Å². The van der Waals surface area contributed by atoms with Crippen LogP contribution in [-0.4, -0.2) is 37.3 Å². The third kappa shape index (κ3) is 3.12. The molecule has 0 saturated carbocycles. The number of hydrogen-bond acceptors (Lipinski definition) is 4. The van der Waals surface area contributed by atoms with Gasteiger partial charge in [-0.1, -0.05) is 13.8 Å². The van der Waals surface area contributed by atoms with Gasteiger partial charge in [-0.2, -0.15) is 4.31 Å². The lowest BCUT2D eigenvalue weighted by Gasteiger charge is -2.34. The molecule has 6 heteroatoms. The largest absolute Gasteiger partial charge is 0.370 e. The van der Waals surface area contributed by atoms with E-state index in [1.165, 1.54) is 0 Å². The summed E-state index contributed by atoms with van der Waals surface area (Å²) in [5, 5.41) is 3.04. The summed E-state index contributed by atoms with van der Waals surface area (Å²) in [6.07, 6.45) is 2.46. The molecule has 1 aromatic heterocycles. The summed E-state index contributed by atoms with van der Waals surface area (Å²) in [6.45, 7) is 8.17. The highest BCUT2D eigenvalue weighted by Crippen LogP contribution is 2.27. The number of pyridine rings is 1. The number of sulfonamides is 1. The van der Waals surface area contributed by atoms with E-state index >= 15 is 0 Å². The van der Waals surface area contributed by atoms with Gasteiger partial charge in [0.15, 0.2) is 0 Å². The lowest BCUT2D eigenvalue weighted by Crippen LogP contribution is -2.42. The summed E-state index contributed by atoms with van der Waals surface area (Å²) in [4.78, 5) is 4.44. The van der Waals surface area contributed by atoms with E-state index in [1.807, 2.05) is 6.92 Å². The van der Waals surface area contributed by atoms with Gasteiger partial charge in [-0.05, 0) is 31.2 Å². The second-order valence-electron chi connectivity index (χ2n) is 5.51. The summed E-state index contributed by atoms with van der Waals surface area (Å²) < 4.78 is 26.9. The standard InChI is InChI=1S/C14H23N3O2S/c1-4-15-14-9-13(5-7-16-14)20(18,19)17-8-6-11(2)12(3)10-17/h5,7,9,11-12H,4,6,8,10H2,1-3H3,(H,15,16). The number of hydrogen-bond donors (Lipinski definition) is 1. The molecule has 2 heterocycles.